The van der Waals surface area contributed by atoms with E-state index in [9.17, 15) is 19.7 Å². The number of para-hydroxylation sites is 1. The first-order chi connectivity index (χ1) is 11.9. The van der Waals surface area contributed by atoms with Crippen molar-refractivity contribution in [1.82, 2.24) is 0 Å². The van der Waals surface area contributed by atoms with E-state index in [2.05, 4.69) is 5.32 Å². The summed E-state index contributed by atoms with van der Waals surface area (Å²) in [5, 5.41) is 14.2. The van der Waals surface area contributed by atoms with Crippen LogP contribution in [0.5, 0.6) is 0 Å². The molecule has 0 aliphatic carbocycles. The van der Waals surface area contributed by atoms with Crippen molar-refractivity contribution in [3.63, 3.8) is 0 Å². The highest BCUT2D eigenvalue weighted by Crippen LogP contribution is 2.24. The number of hydrogen-bond acceptors (Lipinski definition) is 5. The molecule has 0 radical (unpaired) electrons. The van der Waals surface area contributed by atoms with E-state index in [1.165, 1.54) is 18.2 Å². The zero-order chi connectivity index (χ0) is 18.1. The van der Waals surface area contributed by atoms with E-state index < -0.39 is 16.5 Å². The van der Waals surface area contributed by atoms with Gasteiger partial charge in [0.1, 0.15) is 11.1 Å². The maximum Gasteiger partial charge on any atom is 0.349 e. The minimum Gasteiger partial charge on any atom is -0.422 e. The molecule has 1 aromatic heterocycles. The first-order valence-corrected chi connectivity index (χ1v) is 7.47. The number of nitrogens with one attached hydrogen (secondary N) is 1. The topological polar surface area (TPSA) is 102 Å². The Labute approximate surface area is 142 Å². The van der Waals surface area contributed by atoms with E-state index in [4.69, 9.17) is 4.42 Å². The third kappa shape index (κ3) is 2.99. The minimum absolute atomic E-state index is 0.111. The van der Waals surface area contributed by atoms with Crippen LogP contribution >= 0.6 is 0 Å². The van der Waals surface area contributed by atoms with Gasteiger partial charge < -0.3 is 9.73 Å². The molecule has 25 heavy (non-hydrogen) atoms. The quantitative estimate of drug-likeness (QED) is 0.447. The minimum atomic E-state index is -0.754. The molecule has 0 aliphatic heterocycles. The number of anilines is 1. The molecular weight excluding hydrogens is 324 g/mol. The highest BCUT2D eigenvalue weighted by Gasteiger charge is 2.19. The summed E-state index contributed by atoms with van der Waals surface area (Å²) in [6.07, 6.45) is 0. The first-order valence-electron chi connectivity index (χ1n) is 7.47. The average molecular weight is 338 g/mol. The fourth-order valence-corrected chi connectivity index (χ4v) is 2.64. The zero-order valence-electron chi connectivity index (χ0n) is 13.5. The number of amides is 1. The number of hydrogen-bond donors (Lipinski definition) is 1. The van der Waals surface area contributed by atoms with Crippen molar-refractivity contribution in [3.8, 4) is 0 Å². The molecule has 126 valence electrons. The second-order valence-corrected chi connectivity index (χ2v) is 5.60. The molecule has 0 bridgehead atoms. The smallest absolute Gasteiger partial charge is 0.349 e. The zero-order valence-corrected chi connectivity index (χ0v) is 13.5. The van der Waals surface area contributed by atoms with Crippen molar-refractivity contribution in [1.29, 1.82) is 0 Å². The molecular formula is C18H14N2O5. The van der Waals surface area contributed by atoms with E-state index >= 15 is 0 Å². The largest absolute Gasteiger partial charge is 0.422 e. The Bertz CT molecular complexity index is 1070. The molecule has 1 heterocycles. The maximum absolute atomic E-state index is 12.5. The first kappa shape index (κ1) is 16.4. The number of rotatable bonds is 3. The summed E-state index contributed by atoms with van der Waals surface area (Å²) in [5.74, 6) is -0.671. The predicted octanol–water partition coefficient (Wildman–Crippen LogP) is 3.57. The standard InChI is InChI=1S/C18H14N2O5/c1-10-7-8-12(9-14(10)20(23)24)19-17(21)16-11(2)13-5-3-4-6-15(13)25-18(16)22/h3-9H,1-2H3,(H,19,21). The number of aryl methyl sites for hydroxylation is 2. The molecule has 7 nitrogen and oxygen atoms in total. The summed E-state index contributed by atoms with van der Waals surface area (Å²) in [5.41, 5.74) is 0.606. The molecule has 2 aromatic carbocycles. The Morgan fingerprint density at radius 2 is 1.88 bits per heavy atom. The van der Waals surface area contributed by atoms with Crippen LogP contribution in [0.1, 0.15) is 21.5 Å². The van der Waals surface area contributed by atoms with Crippen LogP contribution in [0.4, 0.5) is 11.4 Å². The third-order valence-corrected chi connectivity index (χ3v) is 3.96. The van der Waals surface area contributed by atoms with Gasteiger partial charge >= 0.3 is 5.63 Å². The van der Waals surface area contributed by atoms with Crippen LogP contribution in [0.15, 0.2) is 51.7 Å². The number of fused-ring (bicyclic) bond motifs is 1. The third-order valence-electron chi connectivity index (χ3n) is 3.96. The van der Waals surface area contributed by atoms with Crippen molar-refractivity contribution < 1.29 is 14.1 Å². The van der Waals surface area contributed by atoms with Gasteiger partial charge in [-0.2, -0.15) is 0 Å². The Morgan fingerprint density at radius 1 is 1.16 bits per heavy atom. The lowest BCUT2D eigenvalue weighted by atomic mass is 10.1. The number of nitrogens with zero attached hydrogens (tertiary/aromatic N) is 1. The summed E-state index contributed by atoms with van der Waals surface area (Å²) >= 11 is 0. The lowest BCUT2D eigenvalue weighted by Gasteiger charge is -2.09. The lowest BCUT2D eigenvalue weighted by molar-refractivity contribution is -0.385. The maximum atomic E-state index is 12.5. The predicted molar refractivity (Wildman–Crippen MR) is 93.0 cm³/mol. The Morgan fingerprint density at radius 3 is 2.60 bits per heavy atom. The van der Waals surface area contributed by atoms with Crippen LogP contribution in [0, 0.1) is 24.0 Å². The van der Waals surface area contributed by atoms with Crippen molar-refractivity contribution in [2.75, 3.05) is 5.32 Å². The summed E-state index contributed by atoms with van der Waals surface area (Å²) in [4.78, 5) is 35.2. The normalized spacial score (nSPS) is 10.6. The Kier molecular flexibility index (Phi) is 4.06. The van der Waals surface area contributed by atoms with Gasteiger partial charge in [-0.15, -0.1) is 0 Å². The second-order valence-electron chi connectivity index (χ2n) is 5.60. The molecule has 0 fully saturated rings. The van der Waals surface area contributed by atoms with Gasteiger partial charge in [-0.25, -0.2) is 4.79 Å². The van der Waals surface area contributed by atoms with Gasteiger partial charge in [-0.3, -0.25) is 14.9 Å². The Balaban J connectivity index is 2.02. The molecule has 0 aliphatic rings. The molecule has 3 rings (SSSR count). The van der Waals surface area contributed by atoms with E-state index in [1.807, 2.05) is 0 Å². The second kappa shape index (κ2) is 6.20. The molecule has 0 atom stereocenters. The van der Waals surface area contributed by atoms with Crippen molar-refractivity contribution in [3.05, 3.63) is 79.7 Å². The monoisotopic (exact) mass is 338 g/mol. The van der Waals surface area contributed by atoms with Crippen LogP contribution in [0.2, 0.25) is 0 Å². The molecule has 3 aromatic rings. The van der Waals surface area contributed by atoms with Gasteiger partial charge in [0.25, 0.3) is 11.6 Å². The van der Waals surface area contributed by atoms with Crippen molar-refractivity contribution in [2.24, 2.45) is 0 Å². The van der Waals surface area contributed by atoms with Crippen LogP contribution in [0.25, 0.3) is 11.0 Å². The van der Waals surface area contributed by atoms with E-state index in [1.54, 1.807) is 38.1 Å². The van der Waals surface area contributed by atoms with Gasteiger partial charge in [0, 0.05) is 22.7 Å². The van der Waals surface area contributed by atoms with Gasteiger partial charge in [-0.05, 0) is 31.5 Å². The number of nitro groups is 1. The number of carbonyl (C=O) groups is 1. The van der Waals surface area contributed by atoms with E-state index in [-0.39, 0.29) is 16.9 Å². The number of carbonyl (C=O) groups excluding carboxylic acids is 1. The molecule has 7 heteroatoms. The number of nitro benzene ring substituents is 1. The summed E-state index contributed by atoms with van der Waals surface area (Å²) in [6.45, 7) is 3.26. The summed E-state index contributed by atoms with van der Waals surface area (Å²) < 4.78 is 5.19. The van der Waals surface area contributed by atoms with Crippen LogP contribution in [-0.2, 0) is 0 Å². The molecule has 0 saturated heterocycles. The Hall–Kier alpha value is -3.48. The van der Waals surface area contributed by atoms with Crippen LogP contribution in [-0.4, -0.2) is 10.8 Å². The fraction of sp³-hybridized carbons (Fsp3) is 0.111. The average Bonchev–Trinajstić information content (AvgIpc) is 2.56. The van der Waals surface area contributed by atoms with Crippen molar-refractivity contribution >= 4 is 28.3 Å². The highest BCUT2D eigenvalue weighted by molar-refractivity contribution is 6.07. The fourth-order valence-electron chi connectivity index (χ4n) is 2.64. The SMILES string of the molecule is Cc1ccc(NC(=O)c2c(C)c3ccccc3oc2=O)cc1[N+](=O)[O-]. The summed E-state index contributed by atoms with van der Waals surface area (Å²) in [7, 11) is 0. The lowest BCUT2D eigenvalue weighted by Crippen LogP contribution is -2.22. The molecule has 0 unspecified atom stereocenters. The van der Waals surface area contributed by atoms with E-state index in [0.29, 0.717) is 22.1 Å². The number of benzene rings is 2. The van der Waals surface area contributed by atoms with Gasteiger partial charge in [0.2, 0.25) is 0 Å². The molecule has 1 N–H and O–H groups in total. The van der Waals surface area contributed by atoms with E-state index in [0.717, 1.165) is 0 Å². The van der Waals surface area contributed by atoms with Crippen molar-refractivity contribution in [2.45, 2.75) is 13.8 Å². The van der Waals surface area contributed by atoms with Crippen LogP contribution in [0.3, 0.4) is 0 Å². The van der Waals surface area contributed by atoms with Crippen LogP contribution < -0.4 is 10.9 Å². The molecule has 0 saturated carbocycles. The van der Waals surface area contributed by atoms with Gasteiger partial charge in [0.05, 0.1) is 4.92 Å². The van der Waals surface area contributed by atoms with Gasteiger partial charge in [0.15, 0.2) is 0 Å². The summed E-state index contributed by atoms with van der Waals surface area (Å²) in [6, 6.07) is 11.2. The highest BCUT2D eigenvalue weighted by atomic mass is 16.6. The molecule has 0 spiro atoms. The van der Waals surface area contributed by atoms with Gasteiger partial charge in [-0.1, -0.05) is 24.3 Å². The molecule has 1 amide bonds.